The molecular weight excluding hydrogens is 416 g/mol. The lowest BCUT2D eigenvalue weighted by atomic mass is 9.83. The first-order valence-electron chi connectivity index (χ1n) is 9.51. The third-order valence-electron chi connectivity index (χ3n) is 4.79. The van der Waals surface area contributed by atoms with Crippen LogP contribution >= 0.6 is 0 Å². The second kappa shape index (κ2) is 8.73. The monoisotopic (exact) mass is 440 g/mol. The fourth-order valence-electron chi connectivity index (χ4n) is 2.97. The zero-order chi connectivity index (χ0) is 22.6. The minimum Gasteiger partial charge on any atom is -0.496 e. The highest BCUT2D eigenvalue weighted by Crippen LogP contribution is 2.32. The molecule has 0 radical (unpaired) electrons. The molecule has 0 saturated heterocycles. The van der Waals surface area contributed by atoms with E-state index < -0.39 is 15.4 Å². The Labute approximate surface area is 181 Å². The van der Waals surface area contributed by atoms with E-state index in [-0.39, 0.29) is 16.8 Å². The van der Waals surface area contributed by atoms with Crippen LogP contribution in [0.4, 0.5) is 11.6 Å². The minimum absolute atomic E-state index is 0.00376. The molecular formula is C22H24N4O4S. The SMILES string of the molecule is COc1ccccc1C(C)(C)C(=O)Nc1ccc(S(=O)(=O)Nc2nccc(C)n2)cc1. The van der Waals surface area contributed by atoms with Crippen molar-refractivity contribution in [3.8, 4) is 5.75 Å². The summed E-state index contributed by atoms with van der Waals surface area (Å²) in [7, 11) is -2.30. The molecule has 3 rings (SSSR count). The van der Waals surface area contributed by atoms with Crippen LogP contribution in [0.3, 0.4) is 0 Å². The van der Waals surface area contributed by atoms with E-state index in [4.69, 9.17) is 4.74 Å². The summed E-state index contributed by atoms with van der Waals surface area (Å²) in [5.74, 6) is 0.364. The number of methoxy groups -OCH3 is 1. The molecule has 31 heavy (non-hydrogen) atoms. The third kappa shape index (κ3) is 5.00. The van der Waals surface area contributed by atoms with Gasteiger partial charge in [0.15, 0.2) is 0 Å². The van der Waals surface area contributed by atoms with Crippen molar-refractivity contribution >= 4 is 27.6 Å². The zero-order valence-corrected chi connectivity index (χ0v) is 18.5. The van der Waals surface area contributed by atoms with Crippen molar-refractivity contribution in [2.45, 2.75) is 31.1 Å². The number of amides is 1. The fourth-order valence-corrected chi connectivity index (χ4v) is 3.92. The first-order valence-corrected chi connectivity index (χ1v) is 11.0. The Kier molecular flexibility index (Phi) is 6.26. The Bertz CT molecular complexity index is 1190. The summed E-state index contributed by atoms with van der Waals surface area (Å²) in [6.45, 7) is 5.33. The molecule has 0 unspecified atom stereocenters. The topological polar surface area (TPSA) is 110 Å². The smallest absolute Gasteiger partial charge is 0.264 e. The van der Waals surface area contributed by atoms with E-state index >= 15 is 0 Å². The summed E-state index contributed by atoms with van der Waals surface area (Å²) in [6.07, 6.45) is 1.47. The predicted molar refractivity (Wildman–Crippen MR) is 119 cm³/mol. The molecule has 8 nitrogen and oxygen atoms in total. The standard InChI is InChI=1S/C22H24N4O4S/c1-15-13-14-23-21(24-15)26-31(28,29)17-11-9-16(10-12-17)25-20(27)22(2,3)18-7-5-6-8-19(18)30-4/h5-14H,1-4H3,(H,25,27)(H,23,24,26). The number of rotatable bonds is 7. The van der Waals surface area contributed by atoms with E-state index in [0.717, 1.165) is 5.56 Å². The van der Waals surface area contributed by atoms with Gasteiger partial charge in [-0.25, -0.2) is 23.1 Å². The lowest BCUT2D eigenvalue weighted by molar-refractivity contribution is -0.120. The van der Waals surface area contributed by atoms with Gasteiger partial charge in [-0.1, -0.05) is 18.2 Å². The number of aryl methyl sites for hydroxylation is 1. The number of nitrogens with zero attached hydrogens (tertiary/aromatic N) is 2. The Morgan fingerprint density at radius 1 is 1.03 bits per heavy atom. The number of anilines is 2. The number of ether oxygens (including phenoxy) is 1. The molecule has 0 aliphatic carbocycles. The summed E-state index contributed by atoms with van der Waals surface area (Å²) in [6, 6.07) is 14.9. The maximum absolute atomic E-state index is 12.9. The van der Waals surface area contributed by atoms with Gasteiger partial charge in [0.2, 0.25) is 11.9 Å². The number of carbonyl (C=O) groups excluding carboxylic acids is 1. The van der Waals surface area contributed by atoms with Crippen molar-refractivity contribution in [2.24, 2.45) is 0 Å². The molecule has 3 aromatic rings. The predicted octanol–water partition coefficient (Wildman–Crippen LogP) is 3.51. The van der Waals surface area contributed by atoms with Gasteiger partial charge in [-0.05, 0) is 57.2 Å². The summed E-state index contributed by atoms with van der Waals surface area (Å²) in [5, 5.41) is 2.83. The van der Waals surface area contributed by atoms with Gasteiger partial charge in [-0.2, -0.15) is 0 Å². The lowest BCUT2D eigenvalue weighted by Gasteiger charge is -2.26. The van der Waals surface area contributed by atoms with Gasteiger partial charge in [-0.15, -0.1) is 0 Å². The van der Waals surface area contributed by atoms with Crippen LogP contribution in [-0.4, -0.2) is 31.4 Å². The average Bonchev–Trinajstić information content (AvgIpc) is 2.73. The molecule has 9 heteroatoms. The molecule has 0 aliphatic rings. The number of hydrogen-bond donors (Lipinski definition) is 2. The van der Waals surface area contributed by atoms with Crippen LogP contribution in [0.5, 0.6) is 5.75 Å². The van der Waals surface area contributed by atoms with Crippen LogP contribution in [0.2, 0.25) is 0 Å². The fraction of sp³-hybridized carbons (Fsp3) is 0.227. The molecule has 0 atom stereocenters. The van der Waals surface area contributed by atoms with Crippen LogP contribution in [0.15, 0.2) is 65.7 Å². The van der Waals surface area contributed by atoms with Gasteiger partial charge in [0, 0.05) is 23.1 Å². The second-order valence-corrected chi connectivity index (χ2v) is 9.11. The number of carbonyl (C=O) groups is 1. The number of hydrogen-bond acceptors (Lipinski definition) is 6. The number of sulfonamides is 1. The largest absolute Gasteiger partial charge is 0.496 e. The molecule has 162 valence electrons. The molecule has 0 bridgehead atoms. The van der Waals surface area contributed by atoms with E-state index in [2.05, 4.69) is 20.0 Å². The van der Waals surface area contributed by atoms with E-state index in [9.17, 15) is 13.2 Å². The van der Waals surface area contributed by atoms with Gasteiger partial charge in [0.05, 0.1) is 17.4 Å². The Morgan fingerprint density at radius 3 is 2.35 bits per heavy atom. The summed E-state index contributed by atoms with van der Waals surface area (Å²) >= 11 is 0. The number of para-hydroxylation sites is 1. The molecule has 1 heterocycles. The van der Waals surface area contributed by atoms with Crippen LogP contribution in [-0.2, 0) is 20.2 Å². The molecule has 2 aromatic carbocycles. The molecule has 0 spiro atoms. The van der Waals surface area contributed by atoms with Crippen molar-refractivity contribution in [2.75, 3.05) is 17.1 Å². The van der Waals surface area contributed by atoms with E-state index in [1.165, 1.54) is 30.5 Å². The van der Waals surface area contributed by atoms with Gasteiger partial charge >= 0.3 is 0 Å². The van der Waals surface area contributed by atoms with E-state index in [0.29, 0.717) is 17.1 Å². The number of benzene rings is 2. The average molecular weight is 441 g/mol. The lowest BCUT2D eigenvalue weighted by Crippen LogP contribution is -2.35. The maximum atomic E-state index is 12.9. The van der Waals surface area contributed by atoms with Gasteiger partial charge in [0.25, 0.3) is 10.0 Å². The molecule has 0 fully saturated rings. The van der Waals surface area contributed by atoms with Crippen molar-refractivity contribution in [3.63, 3.8) is 0 Å². The highest BCUT2D eigenvalue weighted by molar-refractivity contribution is 7.92. The molecule has 2 N–H and O–H groups in total. The number of aromatic nitrogens is 2. The summed E-state index contributed by atoms with van der Waals surface area (Å²) in [4.78, 5) is 20.9. The van der Waals surface area contributed by atoms with Crippen LogP contribution in [0.25, 0.3) is 0 Å². The van der Waals surface area contributed by atoms with Gasteiger partial charge in [-0.3, -0.25) is 4.79 Å². The summed E-state index contributed by atoms with van der Waals surface area (Å²) < 4.78 is 32.9. The highest BCUT2D eigenvalue weighted by atomic mass is 32.2. The molecule has 1 amide bonds. The Morgan fingerprint density at radius 2 is 1.71 bits per heavy atom. The van der Waals surface area contributed by atoms with Crippen LogP contribution in [0.1, 0.15) is 25.1 Å². The minimum atomic E-state index is -3.86. The summed E-state index contributed by atoms with van der Waals surface area (Å²) in [5.41, 5.74) is 0.986. The molecule has 1 aromatic heterocycles. The Hall–Kier alpha value is -3.46. The van der Waals surface area contributed by atoms with Crippen molar-refractivity contribution < 1.29 is 17.9 Å². The van der Waals surface area contributed by atoms with E-state index in [1.54, 1.807) is 40.0 Å². The Balaban J connectivity index is 1.76. The first kappa shape index (κ1) is 22.2. The normalized spacial score (nSPS) is 11.6. The third-order valence-corrected chi connectivity index (χ3v) is 6.13. The molecule has 0 aliphatic heterocycles. The van der Waals surface area contributed by atoms with Gasteiger partial charge < -0.3 is 10.1 Å². The van der Waals surface area contributed by atoms with Crippen LogP contribution in [0, 0.1) is 6.92 Å². The van der Waals surface area contributed by atoms with Crippen molar-refractivity contribution in [1.29, 1.82) is 0 Å². The maximum Gasteiger partial charge on any atom is 0.264 e. The first-order chi connectivity index (χ1) is 14.6. The van der Waals surface area contributed by atoms with E-state index in [1.807, 2.05) is 18.2 Å². The highest BCUT2D eigenvalue weighted by Gasteiger charge is 2.32. The van der Waals surface area contributed by atoms with Crippen molar-refractivity contribution in [1.82, 2.24) is 9.97 Å². The zero-order valence-electron chi connectivity index (χ0n) is 17.7. The quantitative estimate of drug-likeness (QED) is 0.582. The van der Waals surface area contributed by atoms with Crippen LogP contribution < -0.4 is 14.8 Å². The van der Waals surface area contributed by atoms with Gasteiger partial charge in [0.1, 0.15) is 5.75 Å². The number of nitrogens with one attached hydrogen (secondary N) is 2. The second-order valence-electron chi connectivity index (χ2n) is 7.43. The molecule has 0 saturated carbocycles. The van der Waals surface area contributed by atoms with Crippen molar-refractivity contribution in [3.05, 3.63) is 72.1 Å².